The molecule has 0 aliphatic rings. The third-order valence-electron chi connectivity index (χ3n) is 2.67. The zero-order valence-corrected chi connectivity index (χ0v) is 11.0. The van der Waals surface area contributed by atoms with Crippen LogP contribution in [0.15, 0.2) is 24.3 Å². The summed E-state index contributed by atoms with van der Waals surface area (Å²) in [5.74, 6) is 0.892. The highest BCUT2D eigenvalue weighted by atomic mass is 16.5. The molecule has 1 atom stereocenters. The highest BCUT2D eigenvalue weighted by Crippen LogP contribution is 2.25. The van der Waals surface area contributed by atoms with Crippen LogP contribution in [0.3, 0.4) is 0 Å². The Morgan fingerprint density at radius 3 is 1.94 bits per heavy atom. The molecule has 1 aromatic rings. The fourth-order valence-corrected chi connectivity index (χ4v) is 1.46. The smallest absolute Gasteiger partial charge is 0.120 e. The lowest BCUT2D eigenvalue weighted by Gasteiger charge is -2.25. The van der Waals surface area contributed by atoms with Crippen molar-refractivity contribution in [2.75, 3.05) is 0 Å². The van der Waals surface area contributed by atoms with Crippen LogP contribution in [0, 0.1) is 0 Å². The minimum absolute atomic E-state index is 0.154. The molecule has 0 aliphatic carbocycles. The van der Waals surface area contributed by atoms with Crippen LogP contribution in [0.25, 0.3) is 0 Å². The standard InChI is InChI=1S/C14H23NO/c1-6-14(5,15)11-7-9-12(10-8-11)16-13(2,3)4/h7-10H,6,15H2,1-5H3. The van der Waals surface area contributed by atoms with Gasteiger partial charge in [0.2, 0.25) is 0 Å². The van der Waals surface area contributed by atoms with Gasteiger partial charge >= 0.3 is 0 Å². The van der Waals surface area contributed by atoms with Gasteiger partial charge in [-0.3, -0.25) is 0 Å². The molecule has 0 bridgehead atoms. The van der Waals surface area contributed by atoms with Crippen molar-refractivity contribution in [2.24, 2.45) is 5.73 Å². The van der Waals surface area contributed by atoms with Gasteiger partial charge in [0.15, 0.2) is 0 Å². The molecular weight excluding hydrogens is 198 g/mol. The average molecular weight is 221 g/mol. The van der Waals surface area contributed by atoms with Gasteiger partial charge in [0.05, 0.1) is 0 Å². The largest absolute Gasteiger partial charge is 0.488 e. The summed E-state index contributed by atoms with van der Waals surface area (Å²) in [5, 5.41) is 0. The van der Waals surface area contributed by atoms with E-state index in [1.54, 1.807) is 0 Å². The molecule has 0 saturated carbocycles. The van der Waals surface area contributed by atoms with E-state index in [0.29, 0.717) is 0 Å². The Morgan fingerprint density at radius 2 is 1.56 bits per heavy atom. The molecule has 1 rings (SSSR count). The number of benzene rings is 1. The van der Waals surface area contributed by atoms with E-state index in [4.69, 9.17) is 10.5 Å². The number of nitrogens with two attached hydrogens (primary N) is 1. The third kappa shape index (κ3) is 3.53. The third-order valence-corrected chi connectivity index (χ3v) is 2.67. The highest BCUT2D eigenvalue weighted by Gasteiger charge is 2.18. The molecule has 1 aromatic carbocycles. The van der Waals surface area contributed by atoms with Crippen LogP contribution >= 0.6 is 0 Å². The Balaban J connectivity index is 2.84. The van der Waals surface area contributed by atoms with Crippen molar-refractivity contribution >= 4 is 0 Å². The van der Waals surface area contributed by atoms with Crippen LogP contribution in [-0.2, 0) is 5.54 Å². The lowest BCUT2D eigenvalue weighted by Crippen LogP contribution is -2.31. The second-order valence-electron chi connectivity index (χ2n) is 5.51. The number of ether oxygens (including phenoxy) is 1. The molecule has 0 heterocycles. The van der Waals surface area contributed by atoms with Crippen LogP contribution < -0.4 is 10.5 Å². The predicted octanol–water partition coefficient (Wildman–Crippen LogP) is 3.45. The average Bonchev–Trinajstić information content (AvgIpc) is 2.16. The van der Waals surface area contributed by atoms with Crippen LogP contribution in [0.2, 0.25) is 0 Å². The van der Waals surface area contributed by atoms with Crippen LogP contribution in [-0.4, -0.2) is 5.60 Å². The van der Waals surface area contributed by atoms with Gasteiger partial charge in [-0.1, -0.05) is 19.1 Å². The van der Waals surface area contributed by atoms with Crippen molar-refractivity contribution in [3.8, 4) is 5.75 Å². The minimum atomic E-state index is -0.250. The van der Waals surface area contributed by atoms with Crippen molar-refractivity contribution in [2.45, 2.75) is 52.2 Å². The molecule has 0 radical (unpaired) electrons. The van der Waals surface area contributed by atoms with Crippen LogP contribution in [0.5, 0.6) is 5.75 Å². The number of rotatable bonds is 3. The fourth-order valence-electron chi connectivity index (χ4n) is 1.46. The summed E-state index contributed by atoms with van der Waals surface area (Å²) in [7, 11) is 0. The van der Waals surface area contributed by atoms with E-state index in [-0.39, 0.29) is 11.1 Å². The lowest BCUT2D eigenvalue weighted by molar-refractivity contribution is 0.131. The zero-order chi connectivity index (χ0) is 12.4. The van der Waals surface area contributed by atoms with Gasteiger partial charge in [0.1, 0.15) is 11.4 Å². The van der Waals surface area contributed by atoms with E-state index in [9.17, 15) is 0 Å². The van der Waals surface area contributed by atoms with Gasteiger partial charge in [-0.2, -0.15) is 0 Å². The topological polar surface area (TPSA) is 35.2 Å². The molecule has 90 valence electrons. The van der Waals surface area contributed by atoms with Crippen molar-refractivity contribution in [1.82, 2.24) is 0 Å². The Bertz CT molecular complexity index is 333. The van der Waals surface area contributed by atoms with Crippen LogP contribution in [0.1, 0.15) is 46.6 Å². The van der Waals surface area contributed by atoms with Gasteiger partial charge in [0.25, 0.3) is 0 Å². The number of hydrogen-bond acceptors (Lipinski definition) is 2. The predicted molar refractivity (Wildman–Crippen MR) is 68.7 cm³/mol. The number of hydrogen-bond donors (Lipinski definition) is 1. The van der Waals surface area contributed by atoms with E-state index in [1.165, 1.54) is 0 Å². The lowest BCUT2D eigenvalue weighted by atomic mass is 9.91. The SMILES string of the molecule is CCC(C)(N)c1ccc(OC(C)(C)C)cc1. The maximum atomic E-state index is 6.17. The summed E-state index contributed by atoms with van der Waals surface area (Å²) in [6, 6.07) is 8.07. The fraction of sp³-hybridized carbons (Fsp3) is 0.571. The summed E-state index contributed by atoms with van der Waals surface area (Å²) in [6.45, 7) is 10.3. The van der Waals surface area contributed by atoms with Crippen molar-refractivity contribution < 1.29 is 4.74 Å². The molecule has 0 aromatic heterocycles. The summed E-state index contributed by atoms with van der Waals surface area (Å²) in [6.07, 6.45) is 0.923. The van der Waals surface area contributed by atoms with Gasteiger partial charge in [-0.05, 0) is 51.8 Å². The van der Waals surface area contributed by atoms with E-state index >= 15 is 0 Å². The van der Waals surface area contributed by atoms with Gasteiger partial charge in [0, 0.05) is 5.54 Å². The molecule has 16 heavy (non-hydrogen) atoms. The minimum Gasteiger partial charge on any atom is -0.488 e. The Kier molecular flexibility index (Phi) is 3.64. The van der Waals surface area contributed by atoms with E-state index in [0.717, 1.165) is 17.7 Å². The highest BCUT2D eigenvalue weighted by molar-refractivity contribution is 5.31. The summed E-state index contributed by atoms with van der Waals surface area (Å²) < 4.78 is 5.76. The Labute approximate surface area is 98.8 Å². The molecule has 0 saturated heterocycles. The quantitative estimate of drug-likeness (QED) is 0.848. The first-order valence-corrected chi connectivity index (χ1v) is 5.83. The Hall–Kier alpha value is -1.02. The maximum Gasteiger partial charge on any atom is 0.120 e. The van der Waals surface area contributed by atoms with Crippen molar-refractivity contribution in [3.05, 3.63) is 29.8 Å². The molecular formula is C14H23NO. The molecule has 0 aliphatic heterocycles. The second kappa shape index (κ2) is 4.46. The van der Waals surface area contributed by atoms with E-state index in [1.807, 2.05) is 52.0 Å². The van der Waals surface area contributed by atoms with Gasteiger partial charge in [-0.15, -0.1) is 0 Å². The first-order chi connectivity index (χ1) is 7.24. The summed E-state index contributed by atoms with van der Waals surface area (Å²) in [4.78, 5) is 0. The molecule has 2 heteroatoms. The zero-order valence-electron chi connectivity index (χ0n) is 11.0. The molecule has 2 N–H and O–H groups in total. The second-order valence-corrected chi connectivity index (χ2v) is 5.51. The van der Waals surface area contributed by atoms with Crippen molar-refractivity contribution in [1.29, 1.82) is 0 Å². The Morgan fingerprint density at radius 1 is 1.06 bits per heavy atom. The molecule has 1 unspecified atom stereocenters. The van der Waals surface area contributed by atoms with E-state index < -0.39 is 0 Å². The summed E-state index contributed by atoms with van der Waals surface area (Å²) in [5.41, 5.74) is 6.92. The molecule has 2 nitrogen and oxygen atoms in total. The first kappa shape index (κ1) is 13.0. The maximum absolute atomic E-state index is 6.17. The van der Waals surface area contributed by atoms with Gasteiger partial charge < -0.3 is 10.5 Å². The molecule has 0 spiro atoms. The van der Waals surface area contributed by atoms with Crippen LogP contribution in [0.4, 0.5) is 0 Å². The monoisotopic (exact) mass is 221 g/mol. The molecule has 0 fully saturated rings. The first-order valence-electron chi connectivity index (χ1n) is 5.83. The van der Waals surface area contributed by atoms with Gasteiger partial charge in [-0.25, -0.2) is 0 Å². The van der Waals surface area contributed by atoms with E-state index in [2.05, 4.69) is 6.92 Å². The molecule has 0 amide bonds. The van der Waals surface area contributed by atoms with Crippen molar-refractivity contribution in [3.63, 3.8) is 0 Å². The summed E-state index contributed by atoms with van der Waals surface area (Å²) >= 11 is 0. The normalized spacial score (nSPS) is 15.6.